The number of hydrogen-bond acceptors (Lipinski definition) is 3. The number of carboxylic acids is 1. The number of aliphatic carboxylic acids is 1. The minimum Gasteiger partial charge on any atom is -0.481 e. The van der Waals surface area contributed by atoms with Gasteiger partial charge in [-0.15, -0.1) is 0 Å². The summed E-state index contributed by atoms with van der Waals surface area (Å²) in [5, 5.41) is 8.88. The molecule has 1 aliphatic heterocycles. The summed E-state index contributed by atoms with van der Waals surface area (Å²) < 4.78 is 12.8. The summed E-state index contributed by atoms with van der Waals surface area (Å²) in [4.78, 5) is 10.8. The molecule has 0 spiro atoms. The van der Waals surface area contributed by atoms with Crippen LogP contribution in [-0.4, -0.2) is 61.2 Å². The topological polar surface area (TPSA) is 55.8 Å². The van der Waals surface area contributed by atoms with Crippen molar-refractivity contribution in [2.24, 2.45) is 0 Å². The van der Waals surface area contributed by atoms with Gasteiger partial charge < -0.3 is 19.1 Å². The molecule has 2 atom stereocenters. The van der Waals surface area contributed by atoms with Gasteiger partial charge >= 0.3 is 5.97 Å². The summed E-state index contributed by atoms with van der Waals surface area (Å²) in [5.41, 5.74) is 0. The molecule has 5 nitrogen and oxygen atoms in total. The van der Waals surface area contributed by atoms with E-state index in [-0.39, 0.29) is 12.5 Å². The zero-order valence-corrected chi connectivity index (χ0v) is 21.1. The molecule has 1 aliphatic rings. The average molecular weight is 443 g/mol. The summed E-state index contributed by atoms with van der Waals surface area (Å²) in [6.45, 7) is 6.79. The van der Waals surface area contributed by atoms with Crippen LogP contribution >= 0.6 is 0 Å². The van der Waals surface area contributed by atoms with Crippen molar-refractivity contribution in [1.29, 1.82) is 0 Å². The van der Waals surface area contributed by atoms with Crippen molar-refractivity contribution >= 4 is 5.97 Å². The summed E-state index contributed by atoms with van der Waals surface area (Å²) in [7, 11) is 4.52. The normalized spacial score (nSPS) is 21.6. The number of ether oxygens (including phenoxy) is 2. The van der Waals surface area contributed by atoms with Gasteiger partial charge in [0.05, 0.1) is 33.7 Å². The molecule has 0 aromatic rings. The Kier molecular flexibility index (Phi) is 14.7. The molecule has 31 heavy (non-hydrogen) atoms. The lowest BCUT2D eigenvalue weighted by atomic mass is 10.0. The van der Waals surface area contributed by atoms with E-state index < -0.39 is 11.8 Å². The highest BCUT2D eigenvalue weighted by Gasteiger charge is 2.40. The Morgan fingerprint density at radius 1 is 0.903 bits per heavy atom. The molecule has 0 aliphatic carbocycles. The number of hydrogen-bond donors (Lipinski definition) is 1. The van der Waals surface area contributed by atoms with Crippen LogP contribution in [0.3, 0.4) is 0 Å². The maximum absolute atomic E-state index is 10.8. The van der Waals surface area contributed by atoms with Gasteiger partial charge in [0.2, 0.25) is 0 Å². The van der Waals surface area contributed by atoms with Crippen molar-refractivity contribution in [3.8, 4) is 0 Å². The van der Waals surface area contributed by atoms with E-state index in [0.29, 0.717) is 13.0 Å². The van der Waals surface area contributed by atoms with Gasteiger partial charge in [0, 0.05) is 6.42 Å². The number of unbranched alkanes of at least 4 members (excludes halogenated alkanes) is 13. The van der Waals surface area contributed by atoms with Crippen molar-refractivity contribution < 1.29 is 23.9 Å². The first-order valence-corrected chi connectivity index (χ1v) is 13.1. The highest BCUT2D eigenvalue weighted by molar-refractivity contribution is 5.66. The lowest BCUT2D eigenvalue weighted by molar-refractivity contribution is -0.893. The maximum Gasteiger partial charge on any atom is 0.303 e. The van der Waals surface area contributed by atoms with E-state index in [0.717, 1.165) is 17.6 Å². The van der Waals surface area contributed by atoms with Gasteiger partial charge in [-0.25, -0.2) is 0 Å². The van der Waals surface area contributed by atoms with Crippen molar-refractivity contribution in [3.05, 3.63) is 0 Å². The fourth-order valence-electron chi connectivity index (χ4n) is 4.62. The van der Waals surface area contributed by atoms with Gasteiger partial charge in [-0.3, -0.25) is 4.79 Å². The molecule has 0 aromatic heterocycles. The Morgan fingerprint density at radius 3 is 1.87 bits per heavy atom. The molecule has 2 unspecified atom stereocenters. The number of carboxylic acid groups (broad SMARTS) is 1. The third-order valence-corrected chi connectivity index (χ3v) is 6.60. The van der Waals surface area contributed by atoms with Gasteiger partial charge in [-0.1, -0.05) is 84.0 Å². The number of likely N-dealkylation sites (N-methyl/N-ethyl adjacent to an activating group) is 1. The first-order valence-electron chi connectivity index (χ1n) is 13.1. The van der Waals surface area contributed by atoms with Crippen LogP contribution in [0.25, 0.3) is 0 Å². The van der Waals surface area contributed by atoms with Crippen molar-refractivity contribution in [2.45, 2.75) is 128 Å². The third kappa shape index (κ3) is 14.9. The van der Waals surface area contributed by atoms with E-state index in [1.54, 1.807) is 0 Å². The predicted molar refractivity (Wildman–Crippen MR) is 128 cm³/mol. The lowest BCUT2D eigenvalue weighted by Gasteiger charge is -2.32. The molecule has 1 saturated heterocycles. The molecule has 0 aromatic carbocycles. The lowest BCUT2D eigenvalue weighted by Crippen LogP contribution is -2.47. The second-order valence-corrected chi connectivity index (χ2v) is 10.5. The van der Waals surface area contributed by atoms with Crippen LogP contribution in [0, 0.1) is 0 Å². The Labute approximate surface area is 192 Å². The second kappa shape index (κ2) is 16.0. The molecule has 0 amide bonds. The van der Waals surface area contributed by atoms with E-state index in [1.165, 1.54) is 89.9 Å². The quantitative estimate of drug-likeness (QED) is 0.172. The number of carbonyl (C=O) groups is 1. The van der Waals surface area contributed by atoms with Gasteiger partial charge in [0.25, 0.3) is 0 Å². The van der Waals surface area contributed by atoms with Crippen LogP contribution in [0.2, 0.25) is 0 Å². The summed E-state index contributed by atoms with van der Waals surface area (Å²) >= 11 is 0. The first kappa shape index (κ1) is 28.4. The molecule has 1 fully saturated rings. The molecule has 184 valence electrons. The maximum atomic E-state index is 10.8. The van der Waals surface area contributed by atoms with Crippen LogP contribution in [0.4, 0.5) is 0 Å². The Bertz CT molecular complexity index is 468. The number of quaternary nitrogens is 1. The van der Waals surface area contributed by atoms with Gasteiger partial charge in [-0.05, 0) is 19.8 Å². The highest BCUT2D eigenvalue weighted by Crippen LogP contribution is 2.29. The number of rotatable bonds is 20. The molecule has 0 bridgehead atoms. The monoisotopic (exact) mass is 442 g/mol. The Hall–Kier alpha value is -0.650. The molecule has 0 saturated carbocycles. The Balaban J connectivity index is 1.98. The van der Waals surface area contributed by atoms with Gasteiger partial charge in [0.15, 0.2) is 5.79 Å². The minimum atomic E-state index is -0.800. The molecular weight excluding hydrogens is 390 g/mol. The first-order chi connectivity index (χ1) is 14.8. The smallest absolute Gasteiger partial charge is 0.303 e. The molecule has 0 radical (unpaired) electrons. The van der Waals surface area contributed by atoms with E-state index in [1.807, 2.05) is 6.92 Å². The fourth-order valence-corrected chi connectivity index (χ4v) is 4.62. The van der Waals surface area contributed by atoms with E-state index in [2.05, 4.69) is 21.0 Å². The summed E-state index contributed by atoms with van der Waals surface area (Å²) in [6, 6.07) is 0. The molecular formula is C26H52NO4+. The minimum absolute atomic E-state index is 0.0560. The summed E-state index contributed by atoms with van der Waals surface area (Å²) in [6.07, 6.45) is 20.0. The average Bonchev–Trinajstić information content (AvgIpc) is 3.07. The van der Waals surface area contributed by atoms with E-state index >= 15 is 0 Å². The summed E-state index contributed by atoms with van der Waals surface area (Å²) in [5.74, 6) is -1.54. The van der Waals surface area contributed by atoms with Gasteiger partial charge in [-0.2, -0.15) is 0 Å². The van der Waals surface area contributed by atoms with E-state index in [9.17, 15) is 4.79 Å². The van der Waals surface area contributed by atoms with Crippen LogP contribution in [0.5, 0.6) is 0 Å². The van der Waals surface area contributed by atoms with Crippen LogP contribution in [0.15, 0.2) is 0 Å². The standard InChI is InChI=1S/C26H51NO4/c1-5-6-7-8-9-10-11-12-13-14-15-16-17-18-21-27(3,4)22-24-23-30-26(2,31-24)20-19-25(28)29/h24H,5-23H2,1-4H3/p+1. The number of nitrogens with zero attached hydrogens (tertiary/aromatic N) is 1. The highest BCUT2D eigenvalue weighted by atomic mass is 16.7. The van der Waals surface area contributed by atoms with E-state index in [4.69, 9.17) is 14.6 Å². The van der Waals surface area contributed by atoms with Crippen LogP contribution in [0.1, 0.15) is 117 Å². The zero-order valence-electron chi connectivity index (χ0n) is 21.1. The molecule has 1 rings (SSSR count). The molecule has 5 heteroatoms. The van der Waals surface area contributed by atoms with Crippen LogP contribution in [-0.2, 0) is 14.3 Å². The second-order valence-electron chi connectivity index (χ2n) is 10.5. The molecule has 1 heterocycles. The fraction of sp³-hybridized carbons (Fsp3) is 0.962. The van der Waals surface area contributed by atoms with Gasteiger partial charge in [0.1, 0.15) is 12.6 Å². The third-order valence-electron chi connectivity index (χ3n) is 6.60. The zero-order chi connectivity index (χ0) is 23.0. The van der Waals surface area contributed by atoms with Crippen molar-refractivity contribution in [3.63, 3.8) is 0 Å². The van der Waals surface area contributed by atoms with Crippen molar-refractivity contribution in [1.82, 2.24) is 0 Å². The molecule has 1 N–H and O–H groups in total. The van der Waals surface area contributed by atoms with Crippen molar-refractivity contribution in [2.75, 3.05) is 33.8 Å². The predicted octanol–water partition coefficient (Wildman–Crippen LogP) is 6.54. The van der Waals surface area contributed by atoms with Crippen LogP contribution < -0.4 is 0 Å². The Morgan fingerprint density at radius 2 is 1.39 bits per heavy atom. The SMILES string of the molecule is CCCCCCCCCCCCCCCC[N+](C)(C)CC1COC(C)(CCC(=O)O)O1. The largest absolute Gasteiger partial charge is 0.481 e.